The van der Waals surface area contributed by atoms with Gasteiger partial charge in [-0.15, -0.1) is 0 Å². The molecule has 0 N–H and O–H groups in total. The van der Waals surface area contributed by atoms with Crippen molar-refractivity contribution < 1.29 is 28.6 Å². The number of unbranched alkanes of at least 4 members (excludes halogenated alkanes) is 13. The molecular weight excluding hydrogens is 540 g/mol. The first-order valence-electron chi connectivity index (χ1n) is 17.5. The highest BCUT2D eigenvalue weighted by Gasteiger charge is 2.19. The van der Waals surface area contributed by atoms with E-state index in [4.69, 9.17) is 14.2 Å². The lowest BCUT2D eigenvalue weighted by atomic mass is 10.1. The minimum absolute atomic E-state index is 0.0825. The average Bonchev–Trinajstić information content (AvgIpc) is 3.00. The van der Waals surface area contributed by atoms with E-state index in [1.165, 1.54) is 32.1 Å². The lowest BCUT2D eigenvalue weighted by molar-refractivity contribution is -0.167. The van der Waals surface area contributed by atoms with Crippen molar-refractivity contribution in [2.75, 3.05) is 13.2 Å². The van der Waals surface area contributed by atoms with Crippen LogP contribution in [0.25, 0.3) is 0 Å². The maximum absolute atomic E-state index is 12.4. The molecule has 0 aromatic rings. The monoisotopic (exact) mass is 604 g/mol. The summed E-state index contributed by atoms with van der Waals surface area (Å²) in [7, 11) is 0. The first-order valence-corrected chi connectivity index (χ1v) is 17.5. The summed E-state index contributed by atoms with van der Waals surface area (Å²) in [6, 6.07) is 0. The third-order valence-electron chi connectivity index (χ3n) is 7.16. The van der Waals surface area contributed by atoms with Crippen molar-refractivity contribution in [3.63, 3.8) is 0 Å². The van der Waals surface area contributed by atoms with E-state index in [9.17, 15) is 14.4 Å². The molecule has 0 saturated heterocycles. The van der Waals surface area contributed by atoms with Crippen LogP contribution in [-0.4, -0.2) is 37.2 Å². The molecule has 1 atom stereocenters. The zero-order chi connectivity index (χ0) is 31.6. The SMILES string of the molecule is CC/C=C\C/C=C\C/C=C\CCCCCC(=O)OCC(COC(=O)CCCCCCC)OC(=O)CCCCCCCCC. The molecule has 0 saturated carbocycles. The van der Waals surface area contributed by atoms with Crippen LogP contribution in [0, 0.1) is 0 Å². The highest BCUT2D eigenvalue weighted by molar-refractivity contribution is 5.71. The molecule has 43 heavy (non-hydrogen) atoms. The molecule has 6 heteroatoms. The number of hydrogen-bond donors (Lipinski definition) is 0. The Labute approximate surface area is 264 Å². The Morgan fingerprint density at radius 2 is 0.907 bits per heavy atom. The standard InChI is InChI=1S/C37H64O6/c1-4-7-10-13-15-16-17-18-19-20-22-24-27-30-36(39)42-33-34(32-41-35(38)29-26-23-12-9-6-3)43-37(40)31-28-25-21-14-11-8-5-2/h7,10,15-16,18-19,34H,4-6,8-9,11-14,17,20-33H2,1-3H3/b10-7-,16-15-,19-18-. The summed E-state index contributed by atoms with van der Waals surface area (Å²) >= 11 is 0. The average molecular weight is 605 g/mol. The second kappa shape index (κ2) is 32.5. The van der Waals surface area contributed by atoms with E-state index in [1.54, 1.807) is 0 Å². The van der Waals surface area contributed by atoms with Crippen LogP contribution in [0.1, 0.15) is 162 Å². The van der Waals surface area contributed by atoms with Crippen molar-refractivity contribution in [2.24, 2.45) is 0 Å². The first kappa shape index (κ1) is 40.6. The fourth-order valence-corrected chi connectivity index (χ4v) is 4.51. The Balaban J connectivity index is 4.34. The molecule has 0 heterocycles. The molecule has 0 bridgehead atoms. The number of carbonyl (C=O) groups is 3. The van der Waals surface area contributed by atoms with Gasteiger partial charge in [-0.25, -0.2) is 0 Å². The Morgan fingerprint density at radius 1 is 0.488 bits per heavy atom. The van der Waals surface area contributed by atoms with Crippen molar-refractivity contribution in [3.8, 4) is 0 Å². The van der Waals surface area contributed by atoms with Crippen molar-refractivity contribution in [2.45, 2.75) is 168 Å². The molecule has 0 radical (unpaired) electrons. The van der Waals surface area contributed by atoms with Crippen LogP contribution >= 0.6 is 0 Å². The summed E-state index contributed by atoms with van der Waals surface area (Å²) in [5, 5.41) is 0. The second-order valence-corrected chi connectivity index (χ2v) is 11.4. The third kappa shape index (κ3) is 30.9. The molecule has 248 valence electrons. The van der Waals surface area contributed by atoms with Crippen LogP contribution in [0.2, 0.25) is 0 Å². The Morgan fingerprint density at radius 3 is 1.42 bits per heavy atom. The van der Waals surface area contributed by atoms with Gasteiger partial charge in [0, 0.05) is 19.3 Å². The zero-order valence-electron chi connectivity index (χ0n) is 28.0. The van der Waals surface area contributed by atoms with Gasteiger partial charge in [-0.1, -0.05) is 128 Å². The van der Waals surface area contributed by atoms with Gasteiger partial charge in [-0.2, -0.15) is 0 Å². The minimum Gasteiger partial charge on any atom is -0.462 e. The Kier molecular flexibility index (Phi) is 30.7. The van der Waals surface area contributed by atoms with Crippen LogP contribution in [0.15, 0.2) is 36.5 Å². The quantitative estimate of drug-likeness (QED) is 0.0351. The predicted molar refractivity (Wildman–Crippen MR) is 178 cm³/mol. The van der Waals surface area contributed by atoms with Gasteiger partial charge in [-0.3, -0.25) is 14.4 Å². The normalized spacial score (nSPS) is 12.3. The topological polar surface area (TPSA) is 78.9 Å². The lowest BCUT2D eigenvalue weighted by Gasteiger charge is -2.18. The van der Waals surface area contributed by atoms with E-state index in [-0.39, 0.29) is 31.1 Å². The van der Waals surface area contributed by atoms with E-state index in [0.29, 0.717) is 19.3 Å². The molecule has 0 aromatic heterocycles. The van der Waals surface area contributed by atoms with Crippen LogP contribution < -0.4 is 0 Å². The van der Waals surface area contributed by atoms with E-state index < -0.39 is 6.10 Å². The molecule has 0 aromatic carbocycles. The lowest BCUT2D eigenvalue weighted by Crippen LogP contribution is -2.30. The van der Waals surface area contributed by atoms with E-state index >= 15 is 0 Å². The third-order valence-corrected chi connectivity index (χ3v) is 7.16. The van der Waals surface area contributed by atoms with Gasteiger partial charge < -0.3 is 14.2 Å². The molecule has 0 aliphatic carbocycles. The number of carbonyl (C=O) groups excluding carboxylic acids is 3. The molecule has 0 fully saturated rings. The van der Waals surface area contributed by atoms with Gasteiger partial charge in [0.1, 0.15) is 13.2 Å². The number of allylic oxidation sites excluding steroid dienone is 6. The van der Waals surface area contributed by atoms with Gasteiger partial charge in [0.05, 0.1) is 0 Å². The Bertz CT molecular complexity index is 754. The number of ether oxygens (including phenoxy) is 3. The van der Waals surface area contributed by atoms with Gasteiger partial charge in [0.25, 0.3) is 0 Å². The minimum atomic E-state index is -0.771. The maximum atomic E-state index is 12.4. The summed E-state index contributed by atoms with van der Waals surface area (Å²) in [5.41, 5.74) is 0. The summed E-state index contributed by atoms with van der Waals surface area (Å²) in [4.78, 5) is 37.0. The van der Waals surface area contributed by atoms with Gasteiger partial charge in [0.2, 0.25) is 0 Å². The molecule has 0 rings (SSSR count). The van der Waals surface area contributed by atoms with Crippen molar-refractivity contribution >= 4 is 17.9 Å². The van der Waals surface area contributed by atoms with Crippen LogP contribution in [0.3, 0.4) is 0 Å². The molecule has 0 spiro atoms. The van der Waals surface area contributed by atoms with E-state index in [2.05, 4.69) is 57.2 Å². The smallest absolute Gasteiger partial charge is 0.306 e. The van der Waals surface area contributed by atoms with Gasteiger partial charge in [-0.05, 0) is 51.4 Å². The Hall–Kier alpha value is -2.37. The highest BCUT2D eigenvalue weighted by atomic mass is 16.6. The van der Waals surface area contributed by atoms with Crippen LogP contribution in [-0.2, 0) is 28.6 Å². The molecule has 1 unspecified atom stereocenters. The predicted octanol–water partition coefficient (Wildman–Crippen LogP) is 10.3. The first-order chi connectivity index (χ1) is 21.0. The number of rotatable bonds is 30. The zero-order valence-corrected chi connectivity index (χ0v) is 28.0. The molecular formula is C37H64O6. The molecule has 0 aliphatic rings. The summed E-state index contributed by atoms with van der Waals surface area (Å²) in [6.07, 6.45) is 33.1. The summed E-state index contributed by atoms with van der Waals surface area (Å²) < 4.78 is 16.4. The van der Waals surface area contributed by atoms with E-state index in [0.717, 1.165) is 89.9 Å². The molecule has 0 amide bonds. The van der Waals surface area contributed by atoms with Gasteiger partial charge >= 0.3 is 17.9 Å². The second-order valence-electron chi connectivity index (χ2n) is 11.4. The largest absolute Gasteiger partial charge is 0.462 e. The molecule has 0 aliphatic heterocycles. The van der Waals surface area contributed by atoms with E-state index in [1.807, 2.05) is 0 Å². The fraction of sp³-hybridized carbons (Fsp3) is 0.757. The fourth-order valence-electron chi connectivity index (χ4n) is 4.51. The summed E-state index contributed by atoms with van der Waals surface area (Å²) in [5.74, 6) is -0.944. The van der Waals surface area contributed by atoms with Crippen molar-refractivity contribution in [3.05, 3.63) is 36.5 Å². The van der Waals surface area contributed by atoms with Crippen molar-refractivity contribution in [1.82, 2.24) is 0 Å². The van der Waals surface area contributed by atoms with Crippen molar-refractivity contribution in [1.29, 1.82) is 0 Å². The van der Waals surface area contributed by atoms with Crippen LogP contribution in [0.5, 0.6) is 0 Å². The summed E-state index contributed by atoms with van der Waals surface area (Å²) in [6.45, 7) is 6.32. The van der Waals surface area contributed by atoms with Gasteiger partial charge in [0.15, 0.2) is 6.10 Å². The number of esters is 3. The number of hydrogen-bond acceptors (Lipinski definition) is 6. The maximum Gasteiger partial charge on any atom is 0.306 e. The van der Waals surface area contributed by atoms with Crippen LogP contribution in [0.4, 0.5) is 0 Å². The highest BCUT2D eigenvalue weighted by Crippen LogP contribution is 2.11. The molecule has 6 nitrogen and oxygen atoms in total.